The van der Waals surface area contributed by atoms with E-state index in [0.717, 1.165) is 25.7 Å². The maximum absolute atomic E-state index is 13.4. The van der Waals surface area contributed by atoms with Crippen LogP contribution >= 0.6 is 0 Å². The van der Waals surface area contributed by atoms with Gasteiger partial charge in [-0.3, -0.25) is 9.59 Å². The lowest BCUT2D eigenvalue weighted by Gasteiger charge is -2.62. The Morgan fingerprint density at radius 2 is 1.29 bits per heavy atom. The second-order valence-corrected chi connectivity index (χ2v) is 11.2. The lowest BCUT2D eigenvalue weighted by Crippen LogP contribution is -2.65. The maximum atomic E-state index is 13.4. The second kappa shape index (κ2) is 7.16. The van der Waals surface area contributed by atoms with Crippen molar-refractivity contribution in [3.8, 4) is 0 Å². The SMILES string of the molecule is CCC1(COC(=O)C23CC4CC(O)(C2)CC(C(=O)OCC2(CC)CCO2)(C4)C3)CCO1. The van der Waals surface area contributed by atoms with E-state index < -0.39 is 16.4 Å². The van der Waals surface area contributed by atoms with Crippen molar-refractivity contribution in [2.75, 3.05) is 26.4 Å². The molecule has 2 saturated heterocycles. The summed E-state index contributed by atoms with van der Waals surface area (Å²) in [6.07, 6.45) is 6.60. The van der Waals surface area contributed by atoms with Gasteiger partial charge in [0.25, 0.3) is 0 Å². The number of hydrogen-bond acceptors (Lipinski definition) is 7. The molecule has 0 aromatic heterocycles. The first-order valence-electron chi connectivity index (χ1n) is 12.0. The molecule has 4 unspecified atom stereocenters. The Balaban J connectivity index is 1.32. The van der Waals surface area contributed by atoms with Crippen LogP contribution in [0, 0.1) is 16.7 Å². The van der Waals surface area contributed by atoms with E-state index >= 15 is 0 Å². The first-order valence-corrected chi connectivity index (χ1v) is 12.0. The highest BCUT2D eigenvalue weighted by Crippen LogP contribution is 2.67. The molecule has 4 atom stereocenters. The highest BCUT2D eigenvalue weighted by molar-refractivity contribution is 5.83. The molecule has 1 N–H and O–H groups in total. The van der Waals surface area contributed by atoms with E-state index in [2.05, 4.69) is 0 Å². The number of carbonyl (C=O) groups excluding carboxylic acids is 2. The van der Waals surface area contributed by atoms with Crippen LogP contribution in [0.5, 0.6) is 0 Å². The summed E-state index contributed by atoms with van der Waals surface area (Å²) in [5.41, 5.74) is -3.32. The number of rotatable bonds is 8. The van der Waals surface area contributed by atoms with E-state index in [-0.39, 0.29) is 42.3 Å². The number of esters is 2. The largest absolute Gasteiger partial charge is 0.462 e. The third-order valence-electron chi connectivity index (χ3n) is 9.06. The van der Waals surface area contributed by atoms with Gasteiger partial charge in [0.1, 0.15) is 24.4 Å². The summed E-state index contributed by atoms with van der Waals surface area (Å²) in [5, 5.41) is 11.3. The van der Waals surface area contributed by atoms with Crippen LogP contribution in [0.15, 0.2) is 0 Å². The topological polar surface area (TPSA) is 91.3 Å². The summed E-state index contributed by atoms with van der Waals surface area (Å²) in [5.74, 6) is -0.410. The summed E-state index contributed by atoms with van der Waals surface area (Å²) in [4.78, 5) is 26.7. The highest BCUT2D eigenvalue weighted by atomic mass is 16.6. The zero-order chi connectivity index (χ0) is 22.0. The fourth-order valence-corrected chi connectivity index (χ4v) is 7.31. The van der Waals surface area contributed by atoms with Crippen molar-refractivity contribution in [2.24, 2.45) is 16.7 Å². The molecule has 0 amide bonds. The maximum Gasteiger partial charge on any atom is 0.312 e. The fourth-order valence-electron chi connectivity index (χ4n) is 7.31. The Kier molecular flexibility index (Phi) is 5.00. The van der Waals surface area contributed by atoms with E-state index in [4.69, 9.17) is 18.9 Å². The van der Waals surface area contributed by atoms with E-state index in [1.165, 1.54) is 0 Å². The fraction of sp³-hybridized carbons (Fsp3) is 0.917. The highest BCUT2D eigenvalue weighted by Gasteiger charge is 2.69. The molecule has 4 bridgehead atoms. The quantitative estimate of drug-likeness (QED) is 0.585. The minimum absolute atomic E-state index is 0.140. The van der Waals surface area contributed by atoms with Crippen molar-refractivity contribution in [3.05, 3.63) is 0 Å². The van der Waals surface area contributed by atoms with Crippen LogP contribution in [-0.4, -0.2) is 60.3 Å². The van der Waals surface area contributed by atoms with Crippen LogP contribution in [-0.2, 0) is 28.5 Å². The molecule has 31 heavy (non-hydrogen) atoms. The molecule has 6 rings (SSSR count). The molecular weight excluding hydrogens is 400 g/mol. The summed E-state index contributed by atoms with van der Waals surface area (Å²) in [7, 11) is 0. The molecule has 7 heteroatoms. The predicted octanol–water partition coefficient (Wildman–Crippen LogP) is 2.91. The standard InChI is InChI=1S/C24H36O7/c1-3-23(5-7-30-23)15-28-18(25)20-9-17-10-21(12-20,14-22(27,11-17)13-20)19(26)29-16-24(4-2)6-8-31-24/h17,27H,3-16H2,1-2H3. The van der Waals surface area contributed by atoms with E-state index in [9.17, 15) is 14.7 Å². The van der Waals surface area contributed by atoms with Crippen LogP contribution in [0.25, 0.3) is 0 Å². The molecule has 2 aliphatic heterocycles. The predicted molar refractivity (Wildman–Crippen MR) is 110 cm³/mol. The average molecular weight is 437 g/mol. The van der Waals surface area contributed by atoms with Crippen molar-refractivity contribution in [3.63, 3.8) is 0 Å². The van der Waals surface area contributed by atoms with Gasteiger partial charge >= 0.3 is 11.9 Å². The molecular formula is C24H36O7. The summed E-state index contributed by atoms with van der Waals surface area (Å²) >= 11 is 0. The van der Waals surface area contributed by atoms with Gasteiger partial charge in [-0.05, 0) is 57.3 Å². The first kappa shape index (κ1) is 21.7. The van der Waals surface area contributed by atoms with Crippen LogP contribution in [0.3, 0.4) is 0 Å². The van der Waals surface area contributed by atoms with E-state index in [0.29, 0.717) is 51.7 Å². The molecule has 0 spiro atoms. The van der Waals surface area contributed by atoms with Crippen LogP contribution in [0.2, 0.25) is 0 Å². The zero-order valence-corrected chi connectivity index (χ0v) is 18.9. The lowest BCUT2D eigenvalue weighted by atomic mass is 9.42. The molecule has 6 fully saturated rings. The Morgan fingerprint density at radius 3 is 1.61 bits per heavy atom. The average Bonchev–Trinajstić information content (AvgIpc) is 2.64. The van der Waals surface area contributed by atoms with Gasteiger partial charge in [0.2, 0.25) is 0 Å². The second-order valence-electron chi connectivity index (χ2n) is 11.2. The summed E-state index contributed by atoms with van der Waals surface area (Å²) in [6, 6.07) is 0. The van der Waals surface area contributed by atoms with Gasteiger partial charge in [-0.2, -0.15) is 0 Å². The smallest absolute Gasteiger partial charge is 0.312 e. The number of ether oxygens (including phenoxy) is 4. The minimum Gasteiger partial charge on any atom is -0.462 e. The monoisotopic (exact) mass is 436 g/mol. The molecule has 0 aromatic carbocycles. The van der Waals surface area contributed by atoms with Gasteiger partial charge in [-0.1, -0.05) is 13.8 Å². The molecule has 174 valence electrons. The molecule has 0 aromatic rings. The molecule has 4 saturated carbocycles. The van der Waals surface area contributed by atoms with Gasteiger partial charge in [0.15, 0.2) is 0 Å². The Morgan fingerprint density at radius 1 is 0.839 bits per heavy atom. The van der Waals surface area contributed by atoms with Crippen molar-refractivity contribution < 1.29 is 33.6 Å². The molecule has 6 aliphatic rings. The normalized spacial score (nSPS) is 47.4. The number of hydrogen-bond donors (Lipinski definition) is 1. The Bertz CT molecular complexity index is 688. The number of carbonyl (C=O) groups is 2. The van der Waals surface area contributed by atoms with Crippen molar-refractivity contribution >= 4 is 11.9 Å². The van der Waals surface area contributed by atoms with Gasteiger partial charge in [-0.25, -0.2) is 0 Å². The third kappa shape index (κ3) is 3.42. The van der Waals surface area contributed by atoms with Crippen LogP contribution in [0.1, 0.15) is 78.1 Å². The molecule has 0 radical (unpaired) electrons. The zero-order valence-electron chi connectivity index (χ0n) is 18.9. The van der Waals surface area contributed by atoms with Crippen molar-refractivity contribution in [1.82, 2.24) is 0 Å². The Labute approximate surface area is 184 Å². The van der Waals surface area contributed by atoms with Gasteiger partial charge in [0, 0.05) is 12.8 Å². The first-order chi connectivity index (χ1) is 14.7. The molecule has 7 nitrogen and oxygen atoms in total. The van der Waals surface area contributed by atoms with Crippen molar-refractivity contribution in [2.45, 2.75) is 94.9 Å². The third-order valence-corrected chi connectivity index (χ3v) is 9.06. The minimum atomic E-state index is -0.998. The Hall–Kier alpha value is -1.18. The van der Waals surface area contributed by atoms with Crippen molar-refractivity contribution in [1.29, 1.82) is 0 Å². The van der Waals surface area contributed by atoms with Gasteiger partial charge in [0.05, 0.1) is 29.6 Å². The number of aliphatic hydroxyl groups is 1. The van der Waals surface area contributed by atoms with Crippen LogP contribution < -0.4 is 0 Å². The van der Waals surface area contributed by atoms with Gasteiger partial charge < -0.3 is 24.1 Å². The van der Waals surface area contributed by atoms with Crippen LogP contribution in [0.4, 0.5) is 0 Å². The van der Waals surface area contributed by atoms with E-state index in [1.54, 1.807) is 0 Å². The lowest BCUT2D eigenvalue weighted by molar-refractivity contribution is -0.237. The summed E-state index contributed by atoms with van der Waals surface area (Å²) in [6.45, 7) is 6.00. The molecule has 4 aliphatic carbocycles. The molecule has 2 heterocycles. The summed E-state index contributed by atoms with van der Waals surface area (Å²) < 4.78 is 23.0. The van der Waals surface area contributed by atoms with Gasteiger partial charge in [-0.15, -0.1) is 0 Å². The van der Waals surface area contributed by atoms with E-state index in [1.807, 2.05) is 13.8 Å².